The molecule has 1 aromatic rings. The lowest BCUT2D eigenvalue weighted by atomic mass is 9.99. The van der Waals surface area contributed by atoms with Crippen LogP contribution in [0.2, 0.25) is 5.02 Å². The summed E-state index contributed by atoms with van der Waals surface area (Å²) in [5.74, 6) is 0. The van der Waals surface area contributed by atoms with Crippen molar-refractivity contribution in [1.82, 2.24) is 10.2 Å². The number of hydrogen-bond donors (Lipinski definition) is 1. The van der Waals surface area contributed by atoms with E-state index in [1.54, 1.807) is 0 Å². The highest BCUT2D eigenvalue weighted by molar-refractivity contribution is 9.10. The first-order valence-electron chi connectivity index (χ1n) is 7.12. The normalized spacial score (nSPS) is 16.7. The van der Waals surface area contributed by atoms with Crippen LogP contribution in [0, 0.1) is 0 Å². The van der Waals surface area contributed by atoms with Crippen LogP contribution in [0.4, 0.5) is 0 Å². The second-order valence-electron chi connectivity index (χ2n) is 5.11. The van der Waals surface area contributed by atoms with E-state index < -0.39 is 0 Å². The molecular weight excluding hydrogens is 394 g/mol. The average molecular weight is 419 g/mol. The zero-order valence-corrected chi connectivity index (χ0v) is 16.3. The fourth-order valence-electron chi connectivity index (χ4n) is 2.70. The first-order valence-corrected chi connectivity index (χ1v) is 8.29. The van der Waals surface area contributed by atoms with Crippen LogP contribution in [-0.4, -0.2) is 31.1 Å². The topological polar surface area (TPSA) is 15.3 Å². The summed E-state index contributed by atoms with van der Waals surface area (Å²) in [5.41, 5.74) is 1.37. The molecule has 0 spiro atoms. The molecule has 1 atom stereocenters. The Kier molecular flexibility index (Phi) is 11.4. The molecule has 1 saturated heterocycles. The molecule has 0 bridgehead atoms. The molecule has 0 aromatic heterocycles. The van der Waals surface area contributed by atoms with Crippen molar-refractivity contribution in [3.63, 3.8) is 0 Å². The summed E-state index contributed by atoms with van der Waals surface area (Å²) in [4.78, 5) is 2.60. The van der Waals surface area contributed by atoms with Crippen LogP contribution in [0.3, 0.4) is 0 Å². The fourth-order valence-corrected chi connectivity index (χ4v) is 3.64. The third-order valence-corrected chi connectivity index (χ3v) is 4.67. The van der Waals surface area contributed by atoms with Gasteiger partial charge < -0.3 is 5.32 Å². The van der Waals surface area contributed by atoms with Crippen molar-refractivity contribution in [3.05, 3.63) is 33.3 Å². The Morgan fingerprint density at radius 1 is 1.29 bits per heavy atom. The summed E-state index contributed by atoms with van der Waals surface area (Å²) in [7, 11) is 0. The minimum atomic E-state index is 0. The molecule has 2 rings (SSSR count). The van der Waals surface area contributed by atoms with Crippen LogP contribution in [0.5, 0.6) is 0 Å². The number of piperazine rings is 1. The van der Waals surface area contributed by atoms with E-state index in [9.17, 15) is 0 Å². The standard InChI is InChI=1S/C15H22BrClN2.2ClH/c1-2-3-4-15(19-9-7-18-8-10-19)13-6-5-12(17)11-14(13)16;;/h5-6,11,15,18H,2-4,7-10H2,1H3;2*1H/t15-;;/m0../s1. The van der Waals surface area contributed by atoms with Crippen LogP contribution >= 0.6 is 52.3 Å². The highest BCUT2D eigenvalue weighted by Crippen LogP contribution is 2.33. The van der Waals surface area contributed by atoms with Gasteiger partial charge in [-0.1, -0.05) is 53.4 Å². The molecule has 0 unspecified atom stereocenters. The van der Waals surface area contributed by atoms with Crippen molar-refractivity contribution in [1.29, 1.82) is 0 Å². The largest absolute Gasteiger partial charge is 0.314 e. The van der Waals surface area contributed by atoms with Gasteiger partial charge in [-0.2, -0.15) is 0 Å². The predicted molar refractivity (Wildman–Crippen MR) is 100 cm³/mol. The summed E-state index contributed by atoms with van der Waals surface area (Å²) in [6.45, 7) is 6.69. The third-order valence-electron chi connectivity index (χ3n) is 3.74. The Hall–Kier alpha value is 0.490. The van der Waals surface area contributed by atoms with E-state index in [0.717, 1.165) is 35.7 Å². The minimum Gasteiger partial charge on any atom is -0.314 e. The predicted octanol–water partition coefficient (Wildman–Crippen LogP) is 5.08. The van der Waals surface area contributed by atoms with E-state index in [1.165, 1.54) is 24.8 Å². The van der Waals surface area contributed by atoms with Crippen LogP contribution < -0.4 is 5.32 Å². The van der Waals surface area contributed by atoms with Crippen LogP contribution in [0.25, 0.3) is 0 Å². The molecule has 2 nitrogen and oxygen atoms in total. The molecule has 0 radical (unpaired) electrons. The number of halogens is 4. The molecular formula is C15H24BrCl3N2. The number of rotatable bonds is 5. The number of hydrogen-bond acceptors (Lipinski definition) is 2. The highest BCUT2D eigenvalue weighted by atomic mass is 79.9. The number of benzene rings is 1. The lowest BCUT2D eigenvalue weighted by molar-refractivity contribution is 0.162. The van der Waals surface area contributed by atoms with E-state index in [-0.39, 0.29) is 24.8 Å². The van der Waals surface area contributed by atoms with E-state index in [0.29, 0.717) is 6.04 Å². The van der Waals surface area contributed by atoms with Gasteiger partial charge in [0.1, 0.15) is 0 Å². The zero-order chi connectivity index (χ0) is 13.7. The van der Waals surface area contributed by atoms with Gasteiger partial charge in [0.25, 0.3) is 0 Å². The van der Waals surface area contributed by atoms with Crippen LogP contribution in [-0.2, 0) is 0 Å². The first kappa shape index (κ1) is 21.5. The van der Waals surface area contributed by atoms with Gasteiger partial charge in [-0.15, -0.1) is 24.8 Å². The molecule has 0 amide bonds. The second-order valence-corrected chi connectivity index (χ2v) is 6.40. The number of nitrogens with zero attached hydrogens (tertiary/aromatic N) is 1. The van der Waals surface area contributed by atoms with Crippen molar-refractivity contribution in [2.45, 2.75) is 32.2 Å². The van der Waals surface area contributed by atoms with Gasteiger partial charge in [-0.3, -0.25) is 4.90 Å². The fraction of sp³-hybridized carbons (Fsp3) is 0.600. The smallest absolute Gasteiger partial charge is 0.0417 e. The van der Waals surface area contributed by atoms with Crippen molar-refractivity contribution >= 4 is 52.3 Å². The molecule has 0 aliphatic carbocycles. The van der Waals surface area contributed by atoms with Crippen molar-refractivity contribution in [2.24, 2.45) is 0 Å². The molecule has 1 aliphatic rings. The van der Waals surface area contributed by atoms with Gasteiger partial charge in [0.2, 0.25) is 0 Å². The molecule has 1 heterocycles. The summed E-state index contributed by atoms with van der Waals surface area (Å²) in [5, 5.41) is 4.22. The Morgan fingerprint density at radius 2 is 1.95 bits per heavy atom. The van der Waals surface area contributed by atoms with E-state index in [1.807, 2.05) is 12.1 Å². The Labute approximate surface area is 153 Å². The number of nitrogens with one attached hydrogen (secondary N) is 1. The molecule has 6 heteroatoms. The maximum absolute atomic E-state index is 6.06. The molecule has 1 N–H and O–H groups in total. The van der Waals surface area contributed by atoms with E-state index >= 15 is 0 Å². The summed E-state index contributed by atoms with van der Waals surface area (Å²) < 4.78 is 1.14. The highest BCUT2D eigenvalue weighted by Gasteiger charge is 2.23. The second kappa shape index (κ2) is 11.1. The Bertz CT molecular complexity index is 412. The van der Waals surface area contributed by atoms with E-state index in [2.05, 4.69) is 39.1 Å². The van der Waals surface area contributed by atoms with Gasteiger partial charge in [-0.25, -0.2) is 0 Å². The minimum absolute atomic E-state index is 0. The maximum Gasteiger partial charge on any atom is 0.0417 e. The van der Waals surface area contributed by atoms with Gasteiger partial charge in [0, 0.05) is 41.7 Å². The molecule has 1 fully saturated rings. The maximum atomic E-state index is 6.06. The lowest BCUT2D eigenvalue weighted by Crippen LogP contribution is -2.45. The molecule has 21 heavy (non-hydrogen) atoms. The van der Waals surface area contributed by atoms with Gasteiger partial charge in [0.15, 0.2) is 0 Å². The zero-order valence-electron chi connectivity index (χ0n) is 12.3. The molecule has 1 aromatic carbocycles. The Balaban J connectivity index is 0.00000200. The summed E-state index contributed by atoms with van der Waals surface area (Å²) in [6.07, 6.45) is 3.73. The van der Waals surface area contributed by atoms with Crippen molar-refractivity contribution in [2.75, 3.05) is 26.2 Å². The average Bonchev–Trinajstić information content (AvgIpc) is 2.42. The Morgan fingerprint density at radius 3 is 2.52 bits per heavy atom. The third kappa shape index (κ3) is 6.25. The lowest BCUT2D eigenvalue weighted by Gasteiger charge is -2.35. The summed E-state index contributed by atoms with van der Waals surface area (Å²) in [6, 6.07) is 6.70. The van der Waals surface area contributed by atoms with Crippen molar-refractivity contribution < 1.29 is 0 Å². The van der Waals surface area contributed by atoms with Crippen LogP contribution in [0.1, 0.15) is 37.8 Å². The number of unbranched alkanes of at least 4 members (excludes halogenated alkanes) is 1. The van der Waals surface area contributed by atoms with Crippen molar-refractivity contribution in [3.8, 4) is 0 Å². The molecule has 122 valence electrons. The van der Waals surface area contributed by atoms with Crippen LogP contribution in [0.15, 0.2) is 22.7 Å². The summed E-state index contributed by atoms with van der Waals surface area (Å²) >= 11 is 9.74. The first-order chi connectivity index (χ1) is 9.22. The van der Waals surface area contributed by atoms with E-state index in [4.69, 9.17) is 11.6 Å². The van der Waals surface area contributed by atoms with Gasteiger partial charge in [0.05, 0.1) is 0 Å². The van der Waals surface area contributed by atoms with Gasteiger partial charge in [-0.05, 0) is 24.1 Å². The monoisotopic (exact) mass is 416 g/mol. The molecule has 1 aliphatic heterocycles. The SMILES string of the molecule is CCCC[C@@H](c1ccc(Cl)cc1Br)N1CCNCC1.Cl.Cl. The molecule has 0 saturated carbocycles. The van der Waals surface area contributed by atoms with Gasteiger partial charge >= 0.3 is 0 Å². The quantitative estimate of drug-likeness (QED) is 0.717.